The lowest BCUT2D eigenvalue weighted by Crippen LogP contribution is -2.25. The van der Waals surface area contributed by atoms with Crippen molar-refractivity contribution in [3.63, 3.8) is 0 Å². The molecule has 1 aliphatic rings. The Bertz CT molecular complexity index is 436. The highest BCUT2D eigenvalue weighted by Crippen LogP contribution is 2.08. The van der Waals surface area contributed by atoms with Gasteiger partial charge < -0.3 is 5.11 Å². The smallest absolute Gasteiger partial charge is 0.308 e. The number of fused-ring (bicyclic) bond motifs is 1. The van der Waals surface area contributed by atoms with Crippen LogP contribution < -0.4 is 5.56 Å². The summed E-state index contributed by atoms with van der Waals surface area (Å²) in [6, 6.07) is 0. The lowest BCUT2D eigenvalue weighted by molar-refractivity contribution is -0.136. The number of carbonyl (C=O) groups is 1. The van der Waals surface area contributed by atoms with E-state index in [2.05, 4.69) is 4.98 Å². The van der Waals surface area contributed by atoms with Crippen molar-refractivity contribution >= 4 is 5.97 Å². The summed E-state index contributed by atoms with van der Waals surface area (Å²) in [7, 11) is 0. The lowest BCUT2D eigenvalue weighted by Gasteiger charge is -2.03. The van der Waals surface area contributed by atoms with E-state index in [1.54, 1.807) is 4.57 Å². The zero-order valence-corrected chi connectivity index (χ0v) is 7.56. The molecule has 1 aromatic rings. The second-order valence-electron chi connectivity index (χ2n) is 3.33. The molecule has 1 aromatic heterocycles. The van der Waals surface area contributed by atoms with Crippen LogP contribution in [-0.4, -0.2) is 20.6 Å². The van der Waals surface area contributed by atoms with Crippen LogP contribution in [0.5, 0.6) is 0 Å². The molecule has 0 bridgehead atoms. The van der Waals surface area contributed by atoms with Gasteiger partial charge in [0.1, 0.15) is 5.82 Å². The summed E-state index contributed by atoms with van der Waals surface area (Å²) >= 11 is 0. The summed E-state index contributed by atoms with van der Waals surface area (Å²) in [6.07, 6.45) is 2.86. The molecule has 0 amide bonds. The van der Waals surface area contributed by atoms with Crippen molar-refractivity contribution < 1.29 is 9.90 Å². The van der Waals surface area contributed by atoms with Gasteiger partial charge >= 0.3 is 5.97 Å². The molecule has 0 unspecified atom stereocenters. The predicted octanol–water partition coefficient (Wildman–Crippen LogP) is -0.183. The molecule has 74 valence electrons. The van der Waals surface area contributed by atoms with Gasteiger partial charge in [-0.25, -0.2) is 4.98 Å². The van der Waals surface area contributed by atoms with Gasteiger partial charge in [-0.2, -0.15) is 0 Å². The number of rotatable bonds is 2. The third kappa shape index (κ3) is 1.41. The molecule has 0 aromatic carbocycles. The van der Waals surface area contributed by atoms with Gasteiger partial charge in [0, 0.05) is 24.7 Å². The van der Waals surface area contributed by atoms with E-state index < -0.39 is 5.97 Å². The molecule has 14 heavy (non-hydrogen) atoms. The van der Waals surface area contributed by atoms with Crippen LogP contribution in [-0.2, 0) is 24.2 Å². The first-order valence-electron chi connectivity index (χ1n) is 4.48. The fourth-order valence-corrected chi connectivity index (χ4v) is 1.68. The summed E-state index contributed by atoms with van der Waals surface area (Å²) in [5.41, 5.74) is 0.0676. The van der Waals surface area contributed by atoms with Crippen molar-refractivity contribution in [1.29, 1.82) is 0 Å². The van der Waals surface area contributed by atoms with Gasteiger partial charge in [-0.15, -0.1) is 0 Å². The van der Waals surface area contributed by atoms with Gasteiger partial charge in [-0.3, -0.25) is 14.2 Å². The summed E-state index contributed by atoms with van der Waals surface area (Å²) in [4.78, 5) is 26.2. The van der Waals surface area contributed by atoms with Crippen molar-refractivity contribution in [3.8, 4) is 0 Å². The van der Waals surface area contributed by atoms with Gasteiger partial charge in [0.2, 0.25) is 0 Å². The Kier molecular flexibility index (Phi) is 2.07. The maximum atomic E-state index is 11.7. The molecule has 0 saturated heterocycles. The fourth-order valence-electron chi connectivity index (χ4n) is 1.68. The van der Waals surface area contributed by atoms with Crippen LogP contribution in [0.15, 0.2) is 11.0 Å². The summed E-state index contributed by atoms with van der Waals surface area (Å²) in [5.74, 6) is -0.230. The molecule has 1 aliphatic heterocycles. The molecule has 1 N–H and O–H groups in total. The maximum Gasteiger partial charge on any atom is 0.308 e. The Morgan fingerprint density at radius 2 is 2.43 bits per heavy atom. The fraction of sp³-hybridized carbons (Fsp3) is 0.444. The van der Waals surface area contributed by atoms with Crippen LogP contribution in [0.4, 0.5) is 0 Å². The van der Waals surface area contributed by atoms with E-state index in [0.717, 1.165) is 18.7 Å². The minimum atomic E-state index is -0.998. The van der Waals surface area contributed by atoms with E-state index in [4.69, 9.17) is 5.11 Å². The van der Waals surface area contributed by atoms with Gasteiger partial charge in [0.05, 0.1) is 6.42 Å². The van der Waals surface area contributed by atoms with Crippen LogP contribution >= 0.6 is 0 Å². The van der Waals surface area contributed by atoms with Crippen LogP contribution in [0.3, 0.4) is 0 Å². The first kappa shape index (κ1) is 8.93. The molecule has 2 heterocycles. The topological polar surface area (TPSA) is 72.2 Å². The second kappa shape index (κ2) is 3.25. The Hall–Kier alpha value is -1.65. The average Bonchev–Trinajstić information content (AvgIpc) is 2.57. The van der Waals surface area contributed by atoms with Crippen molar-refractivity contribution in [1.82, 2.24) is 9.55 Å². The summed E-state index contributed by atoms with van der Waals surface area (Å²) in [5, 5.41) is 8.56. The van der Waals surface area contributed by atoms with Crippen molar-refractivity contribution in [2.75, 3.05) is 0 Å². The lowest BCUT2D eigenvalue weighted by atomic mass is 10.2. The SMILES string of the molecule is O=C(O)Cc1cnc2n(c1=O)CCC2. The van der Waals surface area contributed by atoms with E-state index in [0.29, 0.717) is 6.54 Å². The standard InChI is InChI=1S/C9H10N2O3/c12-8(13)4-6-5-10-7-2-1-3-11(7)9(6)14/h5H,1-4H2,(H,12,13). The monoisotopic (exact) mass is 194 g/mol. The number of carboxylic acid groups (broad SMARTS) is 1. The van der Waals surface area contributed by atoms with E-state index >= 15 is 0 Å². The van der Waals surface area contributed by atoms with Crippen LogP contribution in [0.1, 0.15) is 17.8 Å². The van der Waals surface area contributed by atoms with Gasteiger partial charge in [0.15, 0.2) is 0 Å². The number of carboxylic acids is 1. The van der Waals surface area contributed by atoms with Crippen LogP contribution in [0.2, 0.25) is 0 Å². The normalized spacial score (nSPS) is 14.0. The largest absolute Gasteiger partial charge is 0.481 e. The highest BCUT2D eigenvalue weighted by molar-refractivity contribution is 5.69. The zero-order chi connectivity index (χ0) is 10.1. The zero-order valence-electron chi connectivity index (χ0n) is 7.56. The Labute approximate surface area is 80.0 Å². The van der Waals surface area contributed by atoms with Crippen molar-refractivity contribution in [2.24, 2.45) is 0 Å². The Balaban J connectivity index is 2.45. The summed E-state index contributed by atoms with van der Waals surface area (Å²) in [6.45, 7) is 0.661. The molecule has 5 nitrogen and oxygen atoms in total. The van der Waals surface area contributed by atoms with E-state index in [1.165, 1.54) is 6.20 Å². The molecular formula is C9H10N2O3. The number of aryl methyl sites for hydroxylation is 1. The van der Waals surface area contributed by atoms with Gasteiger partial charge in [-0.1, -0.05) is 0 Å². The van der Waals surface area contributed by atoms with Gasteiger partial charge in [-0.05, 0) is 6.42 Å². The third-order valence-electron chi connectivity index (χ3n) is 2.32. The molecule has 0 fully saturated rings. The number of aliphatic carboxylic acids is 1. The van der Waals surface area contributed by atoms with Gasteiger partial charge in [0.25, 0.3) is 5.56 Å². The highest BCUT2D eigenvalue weighted by Gasteiger charge is 2.16. The Morgan fingerprint density at radius 1 is 1.64 bits per heavy atom. The van der Waals surface area contributed by atoms with Crippen LogP contribution in [0, 0.1) is 0 Å². The predicted molar refractivity (Wildman–Crippen MR) is 48.2 cm³/mol. The molecule has 0 spiro atoms. The first-order valence-corrected chi connectivity index (χ1v) is 4.48. The average molecular weight is 194 g/mol. The summed E-state index contributed by atoms with van der Waals surface area (Å²) < 4.78 is 1.57. The Morgan fingerprint density at radius 3 is 3.14 bits per heavy atom. The molecule has 0 atom stereocenters. The molecule has 2 rings (SSSR count). The molecule has 5 heteroatoms. The first-order chi connectivity index (χ1) is 6.68. The number of hydrogen-bond acceptors (Lipinski definition) is 3. The maximum absolute atomic E-state index is 11.7. The molecular weight excluding hydrogens is 184 g/mol. The molecule has 0 aliphatic carbocycles. The van der Waals surface area contributed by atoms with Crippen molar-refractivity contribution in [2.45, 2.75) is 25.8 Å². The molecule has 0 radical (unpaired) electrons. The molecule has 0 saturated carbocycles. The van der Waals surface area contributed by atoms with E-state index in [9.17, 15) is 9.59 Å². The number of hydrogen-bond donors (Lipinski definition) is 1. The third-order valence-corrected chi connectivity index (χ3v) is 2.32. The number of nitrogens with zero attached hydrogens (tertiary/aromatic N) is 2. The quantitative estimate of drug-likeness (QED) is 0.708. The van der Waals surface area contributed by atoms with Crippen LogP contribution in [0.25, 0.3) is 0 Å². The highest BCUT2D eigenvalue weighted by atomic mass is 16.4. The number of aromatic nitrogens is 2. The minimum absolute atomic E-state index is 0.199. The minimum Gasteiger partial charge on any atom is -0.481 e. The van der Waals surface area contributed by atoms with Crippen molar-refractivity contribution in [3.05, 3.63) is 27.9 Å². The van der Waals surface area contributed by atoms with E-state index in [-0.39, 0.29) is 17.5 Å². The second-order valence-corrected chi connectivity index (χ2v) is 3.33. The van der Waals surface area contributed by atoms with E-state index in [1.807, 2.05) is 0 Å².